The third kappa shape index (κ3) is 3.92. The lowest BCUT2D eigenvalue weighted by molar-refractivity contribution is -0.116. The van der Waals surface area contributed by atoms with Crippen molar-refractivity contribution >= 4 is 11.6 Å². The van der Waals surface area contributed by atoms with E-state index in [1.165, 1.54) is 0 Å². The average molecular weight is 252 g/mol. The molecule has 0 aliphatic carbocycles. The van der Waals surface area contributed by atoms with E-state index in [4.69, 9.17) is 15.2 Å². The van der Waals surface area contributed by atoms with Crippen LogP contribution in [0.25, 0.3) is 0 Å². The number of nitrogens with one attached hydrogen (secondary N) is 1. The maximum absolute atomic E-state index is 11.7. The summed E-state index contributed by atoms with van der Waals surface area (Å²) in [5.74, 6) is 1.33. The largest absolute Gasteiger partial charge is 0.493 e. The zero-order valence-corrected chi connectivity index (χ0v) is 11.0. The van der Waals surface area contributed by atoms with Crippen LogP contribution in [0.2, 0.25) is 0 Å². The molecule has 18 heavy (non-hydrogen) atoms. The Morgan fingerprint density at radius 3 is 2.56 bits per heavy atom. The third-order valence-electron chi connectivity index (χ3n) is 2.60. The molecule has 5 nitrogen and oxygen atoms in total. The molecule has 3 N–H and O–H groups in total. The lowest BCUT2D eigenvalue weighted by atomic mass is 10.1. The molecule has 5 heteroatoms. The summed E-state index contributed by atoms with van der Waals surface area (Å²) in [7, 11) is 3.12. The highest BCUT2D eigenvalue weighted by molar-refractivity contribution is 5.91. The fourth-order valence-electron chi connectivity index (χ4n) is 1.53. The summed E-state index contributed by atoms with van der Waals surface area (Å²) in [5.41, 5.74) is 6.16. The number of nitrogens with two attached hydrogens (primary N) is 1. The molecule has 1 amide bonds. The van der Waals surface area contributed by atoms with Crippen LogP contribution in [-0.2, 0) is 4.79 Å². The first-order valence-electron chi connectivity index (χ1n) is 5.82. The van der Waals surface area contributed by atoms with Gasteiger partial charge >= 0.3 is 0 Å². The first kappa shape index (κ1) is 14.3. The molecule has 1 unspecified atom stereocenters. The molecule has 0 spiro atoms. The van der Waals surface area contributed by atoms with Gasteiger partial charge in [-0.25, -0.2) is 0 Å². The molecule has 0 fully saturated rings. The maximum Gasteiger partial charge on any atom is 0.224 e. The van der Waals surface area contributed by atoms with Crippen LogP contribution in [0.3, 0.4) is 0 Å². The Morgan fingerprint density at radius 1 is 1.33 bits per heavy atom. The van der Waals surface area contributed by atoms with E-state index in [9.17, 15) is 4.79 Å². The number of amides is 1. The second-order valence-corrected chi connectivity index (χ2v) is 4.16. The molecule has 100 valence electrons. The molecule has 0 saturated heterocycles. The van der Waals surface area contributed by atoms with Crippen molar-refractivity contribution in [1.29, 1.82) is 0 Å². The van der Waals surface area contributed by atoms with Crippen LogP contribution in [0, 0.1) is 5.92 Å². The van der Waals surface area contributed by atoms with E-state index in [1.807, 2.05) is 6.92 Å². The fraction of sp³-hybridized carbons (Fsp3) is 0.462. The Bertz CT molecular complexity index is 407. The number of hydrogen-bond acceptors (Lipinski definition) is 4. The van der Waals surface area contributed by atoms with Crippen molar-refractivity contribution in [2.24, 2.45) is 11.7 Å². The molecular weight excluding hydrogens is 232 g/mol. The summed E-state index contributed by atoms with van der Waals surface area (Å²) in [6.45, 7) is 2.44. The summed E-state index contributed by atoms with van der Waals surface area (Å²) in [4.78, 5) is 11.7. The molecule has 0 saturated carbocycles. The van der Waals surface area contributed by atoms with Crippen molar-refractivity contribution in [1.82, 2.24) is 0 Å². The fourth-order valence-corrected chi connectivity index (χ4v) is 1.53. The number of carbonyl (C=O) groups is 1. The maximum atomic E-state index is 11.7. The zero-order valence-electron chi connectivity index (χ0n) is 11.0. The topological polar surface area (TPSA) is 73.6 Å². The summed E-state index contributed by atoms with van der Waals surface area (Å²) in [6, 6.07) is 5.25. The van der Waals surface area contributed by atoms with E-state index in [-0.39, 0.29) is 11.8 Å². The Kier molecular flexibility index (Phi) is 5.45. The zero-order chi connectivity index (χ0) is 13.5. The smallest absolute Gasteiger partial charge is 0.224 e. The van der Waals surface area contributed by atoms with Gasteiger partial charge < -0.3 is 20.5 Å². The molecule has 0 aliphatic rings. The van der Waals surface area contributed by atoms with Gasteiger partial charge in [-0.1, -0.05) is 6.92 Å². The van der Waals surface area contributed by atoms with Gasteiger partial charge in [0, 0.05) is 18.2 Å². The second-order valence-electron chi connectivity index (χ2n) is 4.16. The summed E-state index contributed by atoms with van der Waals surface area (Å²) < 4.78 is 10.3. The van der Waals surface area contributed by atoms with E-state index in [1.54, 1.807) is 32.4 Å². The molecule has 1 aromatic rings. The first-order chi connectivity index (χ1) is 8.60. The Hall–Kier alpha value is -1.75. The molecule has 1 rings (SSSR count). The predicted octanol–water partition coefficient (Wildman–Crippen LogP) is 1.63. The van der Waals surface area contributed by atoms with Crippen molar-refractivity contribution in [3.8, 4) is 11.5 Å². The molecule has 0 heterocycles. The van der Waals surface area contributed by atoms with Gasteiger partial charge in [-0.2, -0.15) is 0 Å². The second kappa shape index (κ2) is 6.86. The average Bonchev–Trinajstić information content (AvgIpc) is 2.38. The van der Waals surface area contributed by atoms with Crippen molar-refractivity contribution in [3.05, 3.63) is 18.2 Å². The highest BCUT2D eigenvalue weighted by atomic mass is 16.5. The molecular formula is C13H20N2O3. The molecule has 0 radical (unpaired) electrons. The minimum absolute atomic E-state index is 0.0554. The minimum Gasteiger partial charge on any atom is -0.493 e. The van der Waals surface area contributed by atoms with Gasteiger partial charge in [0.15, 0.2) is 11.5 Å². The van der Waals surface area contributed by atoms with Crippen LogP contribution in [0.15, 0.2) is 18.2 Å². The van der Waals surface area contributed by atoms with Crippen LogP contribution in [0.1, 0.15) is 13.3 Å². The third-order valence-corrected chi connectivity index (χ3v) is 2.60. The normalized spacial score (nSPS) is 11.8. The van der Waals surface area contributed by atoms with Crippen LogP contribution in [0.4, 0.5) is 5.69 Å². The van der Waals surface area contributed by atoms with Gasteiger partial charge in [-0.3, -0.25) is 4.79 Å². The summed E-state index contributed by atoms with van der Waals surface area (Å²) >= 11 is 0. The highest BCUT2D eigenvalue weighted by Gasteiger charge is 2.10. The molecule has 1 aromatic carbocycles. The summed E-state index contributed by atoms with van der Waals surface area (Å²) in [6.07, 6.45) is 0.408. The van der Waals surface area contributed by atoms with Gasteiger partial charge in [0.05, 0.1) is 14.2 Å². The quantitative estimate of drug-likeness (QED) is 0.807. The van der Waals surface area contributed by atoms with Crippen LogP contribution in [-0.4, -0.2) is 26.7 Å². The monoisotopic (exact) mass is 252 g/mol. The van der Waals surface area contributed by atoms with E-state index in [0.717, 1.165) is 0 Å². The Balaban J connectivity index is 2.70. The van der Waals surface area contributed by atoms with E-state index in [2.05, 4.69) is 5.32 Å². The minimum atomic E-state index is -0.0554. The predicted molar refractivity (Wildman–Crippen MR) is 71.0 cm³/mol. The van der Waals surface area contributed by atoms with Gasteiger partial charge in [0.1, 0.15) is 0 Å². The molecule has 1 atom stereocenters. The number of benzene rings is 1. The highest BCUT2D eigenvalue weighted by Crippen LogP contribution is 2.29. The van der Waals surface area contributed by atoms with Gasteiger partial charge in [-0.15, -0.1) is 0 Å². The number of ether oxygens (including phenoxy) is 2. The van der Waals surface area contributed by atoms with E-state index < -0.39 is 0 Å². The Morgan fingerprint density at radius 2 is 2.00 bits per heavy atom. The number of methoxy groups -OCH3 is 2. The summed E-state index contributed by atoms with van der Waals surface area (Å²) in [5, 5.41) is 2.80. The number of hydrogen-bond donors (Lipinski definition) is 2. The van der Waals surface area contributed by atoms with Crippen molar-refractivity contribution in [2.45, 2.75) is 13.3 Å². The molecule has 0 bridgehead atoms. The standard InChI is InChI=1S/C13H20N2O3/c1-9(8-14)6-13(16)15-10-4-5-11(17-2)12(7-10)18-3/h4-5,7,9H,6,8,14H2,1-3H3,(H,15,16). The Labute approximate surface area is 107 Å². The van der Waals surface area contributed by atoms with Crippen LogP contribution < -0.4 is 20.5 Å². The lowest BCUT2D eigenvalue weighted by Gasteiger charge is -2.12. The van der Waals surface area contributed by atoms with Crippen LogP contribution in [0.5, 0.6) is 11.5 Å². The number of rotatable bonds is 6. The lowest BCUT2D eigenvalue weighted by Crippen LogP contribution is -2.20. The van der Waals surface area contributed by atoms with Crippen LogP contribution >= 0.6 is 0 Å². The molecule has 0 aromatic heterocycles. The molecule has 0 aliphatic heterocycles. The van der Waals surface area contributed by atoms with Gasteiger partial charge in [0.25, 0.3) is 0 Å². The first-order valence-corrected chi connectivity index (χ1v) is 5.82. The van der Waals surface area contributed by atoms with E-state index in [0.29, 0.717) is 30.2 Å². The van der Waals surface area contributed by atoms with Gasteiger partial charge in [-0.05, 0) is 24.6 Å². The van der Waals surface area contributed by atoms with Crippen molar-refractivity contribution < 1.29 is 14.3 Å². The van der Waals surface area contributed by atoms with Gasteiger partial charge in [0.2, 0.25) is 5.91 Å². The van der Waals surface area contributed by atoms with Crippen molar-refractivity contribution in [3.63, 3.8) is 0 Å². The van der Waals surface area contributed by atoms with E-state index >= 15 is 0 Å². The number of carbonyl (C=O) groups excluding carboxylic acids is 1. The number of anilines is 1. The SMILES string of the molecule is COc1ccc(NC(=O)CC(C)CN)cc1OC. The van der Waals surface area contributed by atoms with Crippen molar-refractivity contribution in [2.75, 3.05) is 26.1 Å².